The lowest BCUT2D eigenvalue weighted by atomic mass is 9.67. The van der Waals surface area contributed by atoms with Gasteiger partial charge in [0.1, 0.15) is 5.88 Å². The topological polar surface area (TPSA) is 119 Å². The summed E-state index contributed by atoms with van der Waals surface area (Å²) >= 11 is 5.43. The van der Waals surface area contributed by atoms with Crippen LogP contribution < -0.4 is 29.0 Å². The number of nitrogens with one attached hydrogen (secondary N) is 1. The van der Waals surface area contributed by atoms with Crippen molar-refractivity contribution in [1.29, 1.82) is 0 Å². The molecule has 3 aliphatic rings. The number of carbonyl (C=O) groups excluding carboxylic acids is 3. The Kier molecular flexibility index (Phi) is 6.06. The highest BCUT2D eigenvalue weighted by Gasteiger charge is 2.48. The number of alkyl halides is 1. The molecule has 11 heteroatoms. The Balaban J connectivity index is 1.59. The molecular weight excluding hydrogens is 482 g/mol. The maximum atomic E-state index is 12.8. The molecule has 1 saturated heterocycles. The smallest absolute Gasteiger partial charge is 0.419 e. The van der Waals surface area contributed by atoms with Crippen molar-refractivity contribution >= 4 is 29.6 Å². The van der Waals surface area contributed by atoms with Gasteiger partial charge >= 0.3 is 12.1 Å². The fourth-order valence-electron chi connectivity index (χ4n) is 4.95. The largest absolute Gasteiger partial charge is 0.493 e. The van der Waals surface area contributed by atoms with Crippen LogP contribution in [0.1, 0.15) is 22.6 Å². The molecule has 0 radical (unpaired) electrons. The normalized spacial score (nSPS) is 21.5. The molecule has 0 unspecified atom stereocenters. The van der Waals surface area contributed by atoms with Crippen LogP contribution in [0.15, 0.2) is 24.3 Å². The lowest BCUT2D eigenvalue weighted by molar-refractivity contribution is -0.141. The molecule has 10 nitrogen and oxygen atoms in total. The first-order valence-electron chi connectivity index (χ1n) is 10.9. The van der Waals surface area contributed by atoms with Gasteiger partial charge in [-0.2, -0.15) is 0 Å². The number of carbonyl (C=O) groups is 3. The third-order valence-corrected chi connectivity index (χ3v) is 6.67. The summed E-state index contributed by atoms with van der Waals surface area (Å²) in [6.45, 7) is 0.470. The third kappa shape index (κ3) is 4.07. The van der Waals surface area contributed by atoms with Gasteiger partial charge in [-0.25, -0.2) is 4.79 Å². The van der Waals surface area contributed by atoms with E-state index in [1.54, 1.807) is 12.1 Å². The number of hydrogen-bond acceptors (Lipinski definition) is 9. The van der Waals surface area contributed by atoms with Crippen LogP contribution in [0.2, 0.25) is 0 Å². The number of cyclic esters (lactones) is 1. The first-order valence-corrected chi connectivity index (χ1v) is 11.4. The maximum absolute atomic E-state index is 12.8. The van der Waals surface area contributed by atoms with Crippen LogP contribution in [-0.4, -0.2) is 51.5 Å². The number of esters is 1. The van der Waals surface area contributed by atoms with E-state index in [4.69, 9.17) is 40.0 Å². The number of benzene rings is 2. The minimum atomic E-state index is -1.03. The average molecular weight is 504 g/mol. The molecule has 2 heterocycles. The Hall–Kier alpha value is -3.66. The molecule has 35 heavy (non-hydrogen) atoms. The van der Waals surface area contributed by atoms with Crippen molar-refractivity contribution in [2.24, 2.45) is 11.8 Å². The zero-order valence-corrected chi connectivity index (χ0v) is 19.7. The summed E-state index contributed by atoms with van der Waals surface area (Å²) in [6.07, 6.45) is -0.363. The van der Waals surface area contributed by atoms with Gasteiger partial charge in [0, 0.05) is 11.8 Å². The van der Waals surface area contributed by atoms with Crippen LogP contribution in [0.25, 0.3) is 0 Å². The Morgan fingerprint density at radius 2 is 1.74 bits per heavy atom. The molecule has 2 aromatic carbocycles. The lowest BCUT2D eigenvalue weighted by Crippen LogP contribution is -2.34. The molecule has 5 rings (SSSR count). The minimum absolute atomic E-state index is 0.0133. The van der Waals surface area contributed by atoms with Gasteiger partial charge in [-0.15, -0.1) is 11.6 Å². The van der Waals surface area contributed by atoms with Crippen molar-refractivity contribution in [2.75, 3.05) is 33.5 Å². The summed E-state index contributed by atoms with van der Waals surface area (Å²) in [4.78, 5) is 36.4. The number of imide groups is 1. The van der Waals surface area contributed by atoms with Crippen LogP contribution in [0.3, 0.4) is 0 Å². The number of halogens is 1. The van der Waals surface area contributed by atoms with E-state index in [1.165, 1.54) is 14.2 Å². The molecule has 1 aliphatic carbocycles. The van der Waals surface area contributed by atoms with Crippen molar-refractivity contribution in [3.8, 4) is 28.7 Å². The second-order valence-electron chi connectivity index (χ2n) is 8.33. The van der Waals surface area contributed by atoms with Gasteiger partial charge in [-0.3, -0.25) is 14.9 Å². The van der Waals surface area contributed by atoms with E-state index in [1.807, 2.05) is 17.4 Å². The van der Waals surface area contributed by atoms with Gasteiger partial charge in [-0.1, -0.05) is 0 Å². The van der Waals surface area contributed by atoms with Gasteiger partial charge in [0.05, 0.1) is 26.7 Å². The number of methoxy groups -OCH3 is 2. The van der Waals surface area contributed by atoms with Crippen LogP contribution in [0.5, 0.6) is 28.7 Å². The first kappa shape index (κ1) is 23.1. The Morgan fingerprint density at radius 3 is 2.40 bits per heavy atom. The van der Waals surface area contributed by atoms with Crippen molar-refractivity contribution in [2.45, 2.75) is 12.3 Å². The number of hydrogen-bond donors (Lipinski definition) is 1. The van der Waals surface area contributed by atoms with Gasteiger partial charge < -0.3 is 28.4 Å². The van der Waals surface area contributed by atoms with Crippen molar-refractivity contribution in [3.63, 3.8) is 0 Å². The monoisotopic (exact) mass is 503 g/mol. The fraction of sp³-hybridized carbons (Fsp3) is 0.375. The van der Waals surface area contributed by atoms with Gasteiger partial charge in [0.25, 0.3) is 0 Å². The molecule has 184 valence electrons. The second-order valence-corrected chi connectivity index (χ2v) is 8.60. The van der Waals surface area contributed by atoms with Crippen LogP contribution in [0, 0.1) is 11.8 Å². The zero-order valence-electron chi connectivity index (χ0n) is 18.9. The lowest BCUT2D eigenvalue weighted by Gasteiger charge is -2.34. The molecule has 1 N–H and O–H groups in total. The van der Waals surface area contributed by atoms with Crippen molar-refractivity contribution in [3.05, 3.63) is 41.0 Å². The Labute approximate surface area is 205 Å². The van der Waals surface area contributed by atoms with Crippen LogP contribution in [-0.2, 0) is 20.7 Å². The highest BCUT2D eigenvalue weighted by Crippen LogP contribution is 2.52. The Bertz CT molecular complexity index is 1190. The summed E-state index contributed by atoms with van der Waals surface area (Å²) in [5, 5.41) is 2.00. The minimum Gasteiger partial charge on any atom is -0.493 e. The van der Waals surface area contributed by atoms with Crippen LogP contribution >= 0.6 is 11.6 Å². The molecule has 0 saturated carbocycles. The number of ether oxygens (including phenoxy) is 6. The molecule has 3 atom stereocenters. The third-order valence-electron chi connectivity index (χ3n) is 6.43. The molecule has 2 aromatic rings. The van der Waals surface area contributed by atoms with E-state index in [0.29, 0.717) is 30.1 Å². The van der Waals surface area contributed by atoms with E-state index in [9.17, 15) is 14.4 Å². The van der Waals surface area contributed by atoms with E-state index in [0.717, 1.165) is 11.1 Å². The number of amides is 2. The van der Waals surface area contributed by atoms with Crippen molar-refractivity contribution in [1.82, 2.24) is 5.32 Å². The van der Waals surface area contributed by atoms with E-state index in [2.05, 4.69) is 0 Å². The summed E-state index contributed by atoms with van der Waals surface area (Å²) < 4.78 is 32.9. The highest BCUT2D eigenvalue weighted by molar-refractivity contribution is 6.28. The van der Waals surface area contributed by atoms with Gasteiger partial charge in [-0.05, 0) is 47.4 Å². The molecule has 0 aromatic heterocycles. The standard InChI is InChI=1S/C24H22ClNO9/c1-30-17-5-12(6-18(31-2)22(17)35-24(29)26-19(27)8-25)20-14-7-16-15(33-10-34-16)4-11(14)3-13-9-32-23(28)21(13)20/h4-7,13,20-21H,3,8-10H2,1-2H3,(H,26,27,29)/t13-,20+,21-/m0/s1. The fourth-order valence-corrected chi connectivity index (χ4v) is 5.02. The average Bonchev–Trinajstić information content (AvgIpc) is 3.47. The quantitative estimate of drug-likeness (QED) is 0.485. The zero-order chi connectivity index (χ0) is 24.7. The molecule has 2 aliphatic heterocycles. The van der Waals surface area contributed by atoms with E-state index < -0.39 is 29.7 Å². The summed E-state index contributed by atoms with van der Waals surface area (Å²) in [5.41, 5.74) is 2.66. The number of fused-ring (bicyclic) bond motifs is 3. The summed E-state index contributed by atoms with van der Waals surface area (Å²) in [7, 11) is 2.82. The van der Waals surface area contributed by atoms with E-state index in [-0.39, 0.29) is 35.9 Å². The SMILES string of the molecule is COc1cc([C@@H]2c3cc4c(cc3C[C@H]3COC(=O)[C@@H]32)OCO4)cc(OC)c1OC(=O)NC(=O)CCl. The van der Waals surface area contributed by atoms with Crippen LogP contribution in [0.4, 0.5) is 4.79 Å². The highest BCUT2D eigenvalue weighted by atomic mass is 35.5. The maximum Gasteiger partial charge on any atom is 0.419 e. The van der Waals surface area contributed by atoms with E-state index >= 15 is 0 Å². The molecule has 0 spiro atoms. The predicted molar refractivity (Wildman–Crippen MR) is 120 cm³/mol. The Morgan fingerprint density at radius 1 is 1.06 bits per heavy atom. The van der Waals surface area contributed by atoms with Gasteiger partial charge in [0.15, 0.2) is 23.0 Å². The molecule has 2 amide bonds. The van der Waals surface area contributed by atoms with Gasteiger partial charge in [0.2, 0.25) is 18.4 Å². The second kappa shape index (κ2) is 9.18. The summed E-state index contributed by atoms with van der Waals surface area (Å²) in [6, 6.07) is 7.22. The first-order chi connectivity index (χ1) is 16.9. The molecule has 0 bridgehead atoms. The van der Waals surface area contributed by atoms with Crippen molar-refractivity contribution < 1.29 is 42.8 Å². The number of rotatable bonds is 5. The molecular formula is C24H22ClNO9. The predicted octanol–water partition coefficient (Wildman–Crippen LogP) is 2.76. The molecule has 1 fully saturated rings. The summed E-state index contributed by atoms with van der Waals surface area (Å²) in [5.74, 6) is -0.597.